The van der Waals surface area contributed by atoms with E-state index in [4.69, 9.17) is 9.47 Å². The third kappa shape index (κ3) is 4.22. The van der Waals surface area contributed by atoms with E-state index >= 15 is 0 Å². The third-order valence-electron chi connectivity index (χ3n) is 4.02. The number of nitrogens with one attached hydrogen (secondary N) is 1. The van der Waals surface area contributed by atoms with E-state index in [2.05, 4.69) is 27.8 Å². The van der Waals surface area contributed by atoms with E-state index in [0.717, 1.165) is 4.90 Å². The van der Waals surface area contributed by atoms with Gasteiger partial charge in [0.2, 0.25) is 0 Å². The number of nitrogens with zero attached hydrogens (tertiary/aromatic N) is 1. The predicted molar refractivity (Wildman–Crippen MR) is 112 cm³/mol. The average molecular weight is 457 g/mol. The van der Waals surface area contributed by atoms with Gasteiger partial charge in [-0.1, -0.05) is 30.9 Å². The van der Waals surface area contributed by atoms with Crippen LogP contribution in [0.1, 0.15) is 5.56 Å². The van der Waals surface area contributed by atoms with Crippen LogP contribution in [0.4, 0.5) is 10.5 Å². The molecule has 3 rings (SSSR count). The number of imide groups is 2. The van der Waals surface area contributed by atoms with Crippen molar-refractivity contribution in [1.29, 1.82) is 0 Å². The van der Waals surface area contributed by atoms with Crippen molar-refractivity contribution in [2.45, 2.75) is 0 Å². The molecule has 2 aromatic rings. The number of rotatable bonds is 6. The van der Waals surface area contributed by atoms with E-state index < -0.39 is 17.8 Å². The number of ether oxygens (including phenoxy) is 2. The highest BCUT2D eigenvalue weighted by Gasteiger charge is 2.36. The number of halogens is 1. The topological polar surface area (TPSA) is 84.9 Å². The number of anilines is 1. The zero-order valence-electron chi connectivity index (χ0n) is 15.5. The summed E-state index contributed by atoms with van der Waals surface area (Å²) in [5.41, 5.74) is 0.697. The molecule has 0 spiro atoms. The maximum atomic E-state index is 12.9. The second-order valence-corrected chi connectivity index (χ2v) is 6.78. The van der Waals surface area contributed by atoms with Crippen molar-refractivity contribution in [3.63, 3.8) is 0 Å². The summed E-state index contributed by atoms with van der Waals surface area (Å²) < 4.78 is 11.5. The number of carbonyl (C=O) groups excluding carboxylic acids is 3. The lowest BCUT2D eigenvalue weighted by Gasteiger charge is -2.26. The highest BCUT2D eigenvalue weighted by atomic mass is 79.9. The SMILES string of the molecule is C=CCOc1c(Br)cc(/C=C2/C(=O)NC(=O)N(c3ccccc3)C2=O)cc1OC. The first kappa shape index (κ1) is 20.3. The minimum Gasteiger partial charge on any atom is -0.493 e. The first-order valence-electron chi connectivity index (χ1n) is 8.54. The molecule has 0 bridgehead atoms. The van der Waals surface area contributed by atoms with Gasteiger partial charge in [-0.05, 0) is 51.8 Å². The zero-order chi connectivity index (χ0) is 21.0. The quantitative estimate of drug-likeness (QED) is 0.407. The number of hydrogen-bond donors (Lipinski definition) is 1. The van der Waals surface area contributed by atoms with Crippen LogP contribution in [0.25, 0.3) is 6.08 Å². The van der Waals surface area contributed by atoms with Gasteiger partial charge >= 0.3 is 6.03 Å². The summed E-state index contributed by atoms with van der Waals surface area (Å²) in [6.45, 7) is 3.89. The monoisotopic (exact) mass is 456 g/mol. The van der Waals surface area contributed by atoms with Crippen LogP contribution in [-0.4, -0.2) is 31.6 Å². The van der Waals surface area contributed by atoms with Gasteiger partial charge in [-0.15, -0.1) is 0 Å². The molecule has 0 atom stereocenters. The van der Waals surface area contributed by atoms with E-state index in [1.807, 2.05) is 0 Å². The Morgan fingerprint density at radius 1 is 1.17 bits per heavy atom. The predicted octanol–water partition coefficient (Wildman–Crippen LogP) is 3.69. The normalized spacial score (nSPS) is 15.3. The van der Waals surface area contributed by atoms with Crippen molar-refractivity contribution in [3.05, 3.63) is 70.7 Å². The van der Waals surface area contributed by atoms with Gasteiger partial charge in [0, 0.05) is 0 Å². The zero-order valence-corrected chi connectivity index (χ0v) is 17.1. The van der Waals surface area contributed by atoms with Gasteiger partial charge in [-0.3, -0.25) is 14.9 Å². The van der Waals surface area contributed by atoms with Crippen LogP contribution in [0.3, 0.4) is 0 Å². The molecule has 1 N–H and O–H groups in total. The Labute approximate surface area is 175 Å². The van der Waals surface area contributed by atoms with Gasteiger partial charge in [0.25, 0.3) is 11.8 Å². The molecule has 1 aliphatic rings. The first-order valence-corrected chi connectivity index (χ1v) is 9.33. The van der Waals surface area contributed by atoms with Crippen molar-refractivity contribution < 1.29 is 23.9 Å². The first-order chi connectivity index (χ1) is 14.0. The summed E-state index contributed by atoms with van der Waals surface area (Å²) in [5.74, 6) is -0.607. The van der Waals surface area contributed by atoms with Crippen molar-refractivity contribution in [3.8, 4) is 11.5 Å². The van der Waals surface area contributed by atoms with Crippen molar-refractivity contribution >= 4 is 45.5 Å². The fourth-order valence-corrected chi connectivity index (χ4v) is 3.32. The Kier molecular flexibility index (Phi) is 6.13. The molecule has 0 saturated carbocycles. The van der Waals surface area contributed by atoms with Crippen LogP contribution in [0.15, 0.2) is 65.2 Å². The number of methoxy groups -OCH3 is 1. The van der Waals surface area contributed by atoms with E-state index in [1.165, 1.54) is 13.2 Å². The number of amides is 4. The molecule has 1 aliphatic heterocycles. The maximum absolute atomic E-state index is 12.9. The number of para-hydroxylation sites is 1. The van der Waals surface area contributed by atoms with Crippen LogP contribution in [0.2, 0.25) is 0 Å². The molecule has 1 fully saturated rings. The molecule has 8 heteroatoms. The molecule has 4 amide bonds. The Balaban J connectivity index is 2.01. The van der Waals surface area contributed by atoms with E-state index in [9.17, 15) is 14.4 Å². The molecule has 148 valence electrons. The molecule has 2 aromatic carbocycles. The minimum atomic E-state index is -0.796. The summed E-state index contributed by atoms with van der Waals surface area (Å²) in [7, 11) is 1.48. The Morgan fingerprint density at radius 2 is 1.90 bits per heavy atom. The molecule has 1 saturated heterocycles. The molecule has 0 unspecified atom stereocenters. The largest absolute Gasteiger partial charge is 0.493 e. The summed E-state index contributed by atoms with van der Waals surface area (Å²) >= 11 is 3.40. The maximum Gasteiger partial charge on any atom is 0.335 e. The number of hydrogen-bond acceptors (Lipinski definition) is 5. The standard InChI is InChI=1S/C21H17BrN2O5/c1-3-9-29-18-16(22)11-13(12-17(18)28-2)10-15-19(25)23-21(27)24(20(15)26)14-7-5-4-6-8-14/h3-8,10-12H,1,9H2,2H3,(H,23,25,27)/b15-10-. The number of benzene rings is 2. The number of carbonyl (C=O) groups is 3. The smallest absolute Gasteiger partial charge is 0.335 e. The molecule has 1 heterocycles. The molecule has 0 radical (unpaired) electrons. The molecule has 7 nitrogen and oxygen atoms in total. The molecular formula is C21H17BrN2O5. The Morgan fingerprint density at radius 3 is 2.55 bits per heavy atom. The van der Waals surface area contributed by atoms with Gasteiger partial charge in [-0.2, -0.15) is 0 Å². The van der Waals surface area contributed by atoms with Crippen molar-refractivity contribution in [2.24, 2.45) is 0 Å². The molecule has 0 aromatic heterocycles. The Bertz CT molecular complexity index is 1020. The Hall–Kier alpha value is -3.39. The fourth-order valence-electron chi connectivity index (χ4n) is 2.74. The van der Waals surface area contributed by atoms with Gasteiger partial charge in [-0.25, -0.2) is 9.69 Å². The van der Waals surface area contributed by atoms with Gasteiger partial charge < -0.3 is 9.47 Å². The molecule has 0 aliphatic carbocycles. The van der Waals surface area contributed by atoms with E-state index in [1.54, 1.807) is 48.5 Å². The second kappa shape index (κ2) is 8.74. The lowest BCUT2D eigenvalue weighted by atomic mass is 10.1. The molecule has 29 heavy (non-hydrogen) atoms. The van der Waals surface area contributed by atoms with Crippen LogP contribution in [0, 0.1) is 0 Å². The highest BCUT2D eigenvalue weighted by Crippen LogP contribution is 2.37. The third-order valence-corrected chi connectivity index (χ3v) is 4.61. The van der Waals surface area contributed by atoms with E-state index in [0.29, 0.717) is 27.2 Å². The lowest BCUT2D eigenvalue weighted by Crippen LogP contribution is -2.54. The second-order valence-electron chi connectivity index (χ2n) is 5.93. The number of barbiturate groups is 1. The van der Waals surface area contributed by atoms with Gasteiger partial charge in [0.1, 0.15) is 12.2 Å². The summed E-state index contributed by atoms with van der Waals surface area (Å²) in [6.07, 6.45) is 2.99. The lowest BCUT2D eigenvalue weighted by molar-refractivity contribution is -0.122. The van der Waals surface area contributed by atoms with Crippen LogP contribution >= 0.6 is 15.9 Å². The van der Waals surface area contributed by atoms with Crippen LogP contribution in [0.5, 0.6) is 11.5 Å². The summed E-state index contributed by atoms with van der Waals surface area (Å²) in [6, 6.07) is 10.9. The molecular weight excluding hydrogens is 440 g/mol. The number of urea groups is 1. The van der Waals surface area contributed by atoms with E-state index in [-0.39, 0.29) is 12.2 Å². The van der Waals surface area contributed by atoms with Crippen LogP contribution < -0.4 is 19.7 Å². The van der Waals surface area contributed by atoms with Gasteiger partial charge in [0.05, 0.1) is 17.3 Å². The minimum absolute atomic E-state index is 0.179. The van der Waals surface area contributed by atoms with Crippen molar-refractivity contribution in [2.75, 3.05) is 18.6 Å². The fraction of sp³-hybridized carbons (Fsp3) is 0.0952. The summed E-state index contributed by atoms with van der Waals surface area (Å²) in [4.78, 5) is 38.3. The highest BCUT2D eigenvalue weighted by molar-refractivity contribution is 9.10. The summed E-state index contributed by atoms with van der Waals surface area (Å²) in [5, 5.41) is 2.19. The average Bonchev–Trinajstić information content (AvgIpc) is 2.70. The van der Waals surface area contributed by atoms with Crippen molar-refractivity contribution in [1.82, 2.24) is 5.32 Å². The van der Waals surface area contributed by atoms with Gasteiger partial charge in [0.15, 0.2) is 11.5 Å². The van der Waals surface area contributed by atoms with Crippen LogP contribution in [-0.2, 0) is 9.59 Å².